The number of aromatic hydroxyl groups is 1. The van der Waals surface area contributed by atoms with Gasteiger partial charge in [0.05, 0.1) is 10.9 Å². The minimum Gasteiger partial charge on any atom is -0.506 e. The zero-order valence-corrected chi connectivity index (χ0v) is 20.4. The van der Waals surface area contributed by atoms with E-state index in [-0.39, 0.29) is 41.6 Å². The number of rotatable bonds is 6. The van der Waals surface area contributed by atoms with Crippen LogP contribution in [0.2, 0.25) is 5.02 Å². The van der Waals surface area contributed by atoms with Crippen LogP contribution in [-0.2, 0) is 22.4 Å². The highest BCUT2D eigenvalue weighted by atomic mass is 35.5. The third-order valence-corrected chi connectivity index (χ3v) is 7.25. The molecule has 0 aromatic heterocycles. The monoisotopic (exact) mass is 499 g/mol. The number of carbonyl (C=O) groups excluding carboxylic acids is 2. The number of para-hydroxylation sites is 1. The highest BCUT2D eigenvalue weighted by Crippen LogP contribution is 2.30. The van der Waals surface area contributed by atoms with Gasteiger partial charge in [0.1, 0.15) is 5.75 Å². The molecular formula is C26H30ClN3O5. The second-order valence-electron chi connectivity index (χ2n) is 9.33. The van der Waals surface area contributed by atoms with Crippen molar-refractivity contribution < 1.29 is 24.6 Å². The van der Waals surface area contributed by atoms with Crippen LogP contribution < -0.4 is 5.32 Å². The van der Waals surface area contributed by atoms with E-state index in [1.54, 1.807) is 24.0 Å². The van der Waals surface area contributed by atoms with Crippen molar-refractivity contribution in [1.82, 2.24) is 9.80 Å². The molecule has 0 saturated carbocycles. The number of hydrogen-bond donors (Lipinski definition) is 3. The quantitative estimate of drug-likeness (QED) is 0.555. The van der Waals surface area contributed by atoms with Crippen LogP contribution in [0.4, 0.5) is 10.5 Å². The van der Waals surface area contributed by atoms with E-state index in [9.17, 15) is 24.6 Å². The molecule has 1 saturated heterocycles. The molecule has 1 unspecified atom stereocenters. The van der Waals surface area contributed by atoms with Gasteiger partial charge in [0.25, 0.3) is 0 Å². The van der Waals surface area contributed by atoms with Crippen molar-refractivity contribution in [2.75, 3.05) is 25.0 Å². The summed E-state index contributed by atoms with van der Waals surface area (Å²) in [6.07, 6.45) is 2.11. The normalized spacial score (nSPS) is 17.4. The van der Waals surface area contributed by atoms with E-state index in [0.29, 0.717) is 43.6 Å². The number of halogens is 1. The summed E-state index contributed by atoms with van der Waals surface area (Å²) in [7, 11) is 0. The van der Waals surface area contributed by atoms with Crippen LogP contribution in [0, 0.1) is 12.8 Å². The molecule has 2 aromatic rings. The molecule has 1 fully saturated rings. The van der Waals surface area contributed by atoms with Gasteiger partial charge in [-0.2, -0.15) is 0 Å². The summed E-state index contributed by atoms with van der Waals surface area (Å²) in [5, 5.41) is 22.7. The number of likely N-dealkylation sites (tertiary alicyclic amines) is 1. The maximum absolute atomic E-state index is 12.9. The Labute approximate surface area is 209 Å². The van der Waals surface area contributed by atoms with Crippen LogP contribution in [0.1, 0.15) is 36.0 Å². The molecule has 3 N–H and O–H groups in total. The first-order valence-electron chi connectivity index (χ1n) is 11.9. The SMILES string of the molecule is Cc1cc(CC(CC(=O)N2CCC(N3CCc4ccccc4NC3=O)CC2)C(=O)O)cc(Cl)c1O. The molecule has 186 valence electrons. The summed E-state index contributed by atoms with van der Waals surface area (Å²) >= 11 is 6.03. The summed E-state index contributed by atoms with van der Waals surface area (Å²) in [6, 6.07) is 10.9. The second kappa shape index (κ2) is 10.6. The highest BCUT2D eigenvalue weighted by Gasteiger charge is 2.32. The number of fused-ring (bicyclic) bond motifs is 1. The Bertz CT molecular complexity index is 1110. The summed E-state index contributed by atoms with van der Waals surface area (Å²) in [6.45, 7) is 3.28. The van der Waals surface area contributed by atoms with Crippen LogP contribution in [0.25, 0.3) is 0 Å². The molecule has 0 bridgehead atoms. The van der Waals surface area contributed by atoms with Crippen molar-refractivity contribution in [3.8, 4) is 5.75 Å². The van der Waals surface area contributed by atoms with Crippen molar-refractivity contribution >= 4 is 35.2 Å². The van der Waals surface area contributed by atoms with E-state index >= 15 is 0 Å². The minimum atomic E-state index is -1.05. The lowest BCUT2D eigenvalue weighted by molar-refractivity contribution is -0.146. The molecule has 0 aliphatic carbocycles. The number of nitrogens with zero attached hydrogens (tertiary/aromatic N) is 2. The van der Waals surface area contributed by atoms with Crippen molar-refractivity contribution in [3.63, 3.8) is 0 Å². The number of benzene rings is 2. The van der Waals surface area contributed by atoms with Crippen LogP contribution in [0.15, 0.2) is 36.4 Å². The first kappa shape index (κ1) is 24.9. The molecule has 2 aliphatic rings. The number of carbonyl (C=O) groups is 3. The van der Waals surface area contributed by atoms with Crippen LogP contribution in [-0.4, -0.2) is 63.6 Å². The van der Waals surface area contributed by atoms with Crippen LogP contribution in [0.5, 0.6) is 5.75 Å². The molecule has 4 rings (SSSR count). The number of urea groups is 1. The van der Waals surface area contributed by atoms with E-state index < -0.39 is 11.9 Å². The first-order valence-corrected chi connectivity index (χ1v) is 12.2. The molecule has 1 atom stereocenters. The summed E-state index contributed by atoms with van der Waals surface area (Å²) < 4.78 is 0. The van der Waals surface area contributed by atoms with Gasteiger partial charge >= 0.3 is 12.0 Å². The number of nitrogens with one attached hydrogen (secondary N) is 1. The van der Waals surface area contributed by atoms with Crippen molar-refractivity contribution in [1.29, 1.82) is 0 Å². The van der Waals surface area contributed by atoms with E-state index in [2.05, 4.69) is 5.32 Å². The zero-order valence-electron chi connectivity index (χ0n) is 19.7. The predicted octanol–water partition coefficient (Wildman–Crippen LogP) is 4.07. The van der Waals surface area contributed by atoms with Gasteiger partial charge in [-0.1, -0.05) is 35.9 Å². The molecule has 3 amide bonds. The fourth-order valence-corrected chi connectivity index (χ4v) is 5.25. The molecule has 2 aromatic carbocycles. The van der Waals surface area contributed by atoms with Crippen LogP contribution >= 0.6 is 11.6 Å². The molecule has 8 nitrogen and oxygen atoms in total. The average molecular weight is 500 g/mol. The van der Waals surface area contributed by atoms with Gasteiger partial charge in [-0.05, 0) is 61.4 Å². The van der Waals surface area contributed by atoms with E-state index in [0.717, 1.165) is 17.7 Å². The molecule has 9 heteroatoms. The standard InChI is InChI=1S/C26H30ClN3O5/c1-16-12-17(14-21(27)24(16)32)13-19(25(33)34)15-23(31)29-9-7-20(8-10-29)30-11-6-18-4-2-3-5-22(18)28-26(30)35/h2-5,12,14,19-20,32H,6-11,13,15H2,1H3,(H,28,35)(H,33,34). The van der Waals surface area contributed by atoms with Crippen molar-refractivity contribution in [2.45, 2.75) is 45.1 Å². The smallest absolute Gasteiger partial charge is 0.322 e. The maximum Gasteiger partial charge on any atom is 0.322 e. The predicted molar refractivity (Wildman–Crippen MR) is 133 cm³/mol. The van der Waals surface area contributed by atoms with Gasteiger partial charge in [0.2, 0.25) is 5.91 Å². The number of aryl methyl sites for hydroxylation is 1. The van der Waals surface area contributed by atoms with Gasteiger partial charge in [0.15, 0.2) is 0 Å². The molecule has 35 heavy (non-hydrogen) atoms. The Morgan fingerprint density at radius 1 is 1.17 bits per heavy atom. The number of aliphatic carboxylic acids is 1. The number of amides is 3. The maximum atomic E-state index is 12.9. The number of anilines is 1. The Morgan fingerprint density at radius 3 is 2.57 bits per heavy atom. The fourth-order valence-electron chi connectivity index (χ4n) is 4.96. The van der Waals surface area contributed by atoms with Gasteiger partial charge in [-0.3, -0.25) is 9.59 Å². The van der Waals surface area contributed by atoms with Crippen LogP contribution in [0.3, 0.4) is 0 Å². The van der Waals surface area contributed by atoms with Crippen molar-refractivity contribution in [2.24, 2.45) is 5.92 Å². The Balaban J connectivity index is 1.33. The van der Waals surface area contributed by atoms with Gasteiger partial charge < -0.3 is 25.3 Å². The molecule has 2 aliphatic heterocycles. The summed E-state index contributed by atoms with van der Waals surface area (Å²) in [5.74, 6) is -2.17. The minimum absolute atomic E-state index is 0.0248. The number of piperidine rings is 1. The number of carboxylic acids is 1. The van der Waals surface area contributed by atoms with Crippen molar-refractivity contribution in [3.05, 3.63) is 58.1 Å². The van der Waals surface area contributed by atoms with E-state index in [1.165, 1.54) is 0 Å². The highest BCUT2D eigenvalue weighted by molar-refractivity contribution is 6.32. The third kappa shape index (κ3) is 5.70. The fraction of sp³-hybridized carbons (Fsp3) is 0.423. The summed E-state index contributed by atoms with van der Waals surface area (Å²) in [4.78, 5) is 41.2. The largest absolute Gasteiger partial charge is 0.506 e. The number of phenolic OH excluding ortho intramolecular Hbond substituents is 1. The second-order valence-corrected chi connectivity index (χ2v) is 9.74. The molecule has 0 radical (unpaired) electrons. The lowest BCUT2D eigenvalue weighted by Gasteiger charge is -2.38. The van der Waals surface area contributed by atoms with Gasteiger partial charge in [-0.25, -0.2) is 4.79 Å². The van der Waals surface area contributed by atoms with E-state index in [4.69, 9.17) is 11.6 Å². The zero-order chi connectivity index (χ0) is 25.1. The van der Waals surface area contributed by atoms with Gasteiger partial charge in [0, 0.05) is 37.8 Å². The molecular weight excluding hydrogens is 470 g/mol. The third-order valence-electron chi connectivity index (χ3n) is 6.97. The Hall–Kier alpha value is -3.26. The van der Waals surface area contributed by atoms with Gasteiger partial charge in [-0.15, -0.1) is 0 Å². The average Bonchev–Trinajstić information content (AvgIpc) is 3.00. The first-order chi connectivity index (χ1) is 16.7. The van der Waals surface area contributed by atoms with E-state index in [1.807, 2.05) is 29.2 Å². The molecule has 0 spiro atoms. The number of phenols is 1. The lowest BCUT2D eigenvalue weighted by atomic mass is 9.94. The Kier molecular flexibility index (Phi) is 7.50. The summed E-state index contributed by atoms with van der Waals surface area (Å²) in [5.41, 5.74) is 3.18. The molecule has 2 heterocycles. The number of carboxylic acid groups (broad SMARTS) is 1. The Morgan fingerprint density at radius 2 is 1.89 bits per heavy atom. The number of hydrogen-bond acceptors (Lipinski definition) is 4. The lowest BCUT2D eigenvalue weighted by Crippen LogP contribution is -2.50. The topological polar surface area (TPSA) is 110 Å².